The lowest BCUT2D eigenvalue weighted by molar-refractivity contribution is 0.0219. The van der Waals surface area contributed by atoms with E-state index in [2.05, 4.69) is 70.5 Å². The zero-order chi connectivity index (χ0) is 23.9. The van der Waals surface area contributed by atoms with Gasteiger partial charge in [0.1, 0.15) is 5.75 Å². The van der Waals surface area contributed by atoms with Crippen molar-refractivity contribution >= 4 is 21.5 Å². The number of methoxy groups -OCH3 is 3. The number of fused-ring (bicyclic) bond motifs is 7. The lowest BCUT2D eigenvalue weighted by atomic mass is 9.83. The minimum atomic E-state index is 0.557. The van der Waals surface area contributed by atoms with E-state index in [-0.39, 0.29) is 0 Å². The molecule has 4 aromatic carbocycles. The third-order valence-corrected chi connectivity index (χ3v) is 7.78. The molecule has 4 aromatic rings. The Balaban J connectivity index is 1.44. The van der Waals surface area contributed by atoms with E-state index in [4.69, 9.17) is 14.2 Å². The molecule has 0 amide bonds. The molecule has 0 aromatic heterocycles. The first-order valence-electron chi connectivity index (χ1n) is 12.4. The zero-order valence-electron chi connectivity index (χ0n) is 20.7. The quantitative estimate of drug-likeness (QED) is 0.356. The molecule has 0 aliphatic carbocycles. The third kappa shape index (κ3) is 3.89. The van der Waals surface area contributed by atoms with Crippen LogP contribution in [0, 0.1) is 0 Å². The van der Waals surface area contributed by atoms with Crippen LogP contribution < -0.4 is 14.2 Å². The summed E-state index contributed by atoms with van der Waals surface area (Å²) in [7, 11) is 5.14. The molecule has 0 bridgehead atoms. The van der Waals surface area contributed by atoms with Crippen molar-refractivity contribution in [3.05, 3.63) is 77.4 Å². The second-order valence-electron chi connectivity index (χ2n) is 9.69. The van der Waals surface area contributed by atoms with Crippen molar-refractivity contribution in [3.8, 4) is 17.2 Å². The molecule has 0 unspecified atom stereocenters. The second kappa shape index (κ2) is 9.06. The molecule has 180 valence electrons. The van der Waals surface area contributed by atoms with Gasteiger partial charge in [0.15, 0.2) is 11.5 Å². The minimum absolute atomic E-state index is 0.557. The van der Waals surface area contributed by atoms with Crippen LogP contribution in [0.4, 0.5) is 0 Å². The van der Waals surface area contributed by atoms with E-state index in [1.54, 1.807) is 21.3 Å². The molecular weight excluding hydrogens is 436 g/mol. The molecule has 1 saturated heterocycles. The van der Waals surface area contributed by atoms with Crippen molar-refractivity contribution in [2.45, 2.75) is 32.0 Å². The predicted molar refractivity (Wildman–Crippen MR) is 140 cm³/mol. The first-order valence-corrected chi connectivity index (χ1v) is 12.4. The van der Waals surface area contributed by atoms with Crippen LogP contribution in [-0.4, -0.2) is 50.4 Å². The average molecular weight is 469 g/mol. The number of hydrogen-bond donors (Lipinski definition) is 0. The van der Waals surface area contributed by atoms with Crippen molar-refractivity contribution in [2.75, 3.05) is 34.5 Å². The van der Waals surface area contributed by atoms with E-state index in [0.29, 0.717) is 6.04 Å². The van der Waals surface area contributed by atoms with Crippen LogP contribution in [0.3, 0.4) is 0 Å². The Bertz CT molecular complexity index is 1390. The number of ether oxygens (including phenoxy) is 3. The maximum absolute atomic E-state index is 5.70. The SMILES string of the molecule is COc1ccc2c3c(c4cc(OC)c(OC)cc4c2c1)C[C@H]1CCN(Cc2ccccc2)CN1C3. The van der Waals surface area contributed by atoms with Gasteiger partial charge in [0.2, 0.25) is 0 Å². The fourth-order valence-electron chi connectivity index (χ4n) is 6.00. The van der Waals surface area contributed by atoms with Crippen LogP contribution in [0.15, 0.2) is 60.7 Å². The smallest absolute Gasteiger partial charge is 0.161 e. The highest BCUT2D eigenvalue weighted by atomic mass is 16.5. The molecule has 35 heavy (non-hydrogen) atoms. The van der Waals surface area contributed by atoms with E-state index < -0.39 is 0 Å². The van der Waals surface area contributed by atoms with Gasteiger partial charge in [-0.15, -0.1) is 0 Å². The number of hydrogen-bond acceptors (Lipinski definition) is 5. The molecule has 1 atom stereocenters. The van der Waals surface area contributed by atoms with Crippen LogP contribution in [0.2, 0.25) is 0 Å². The number of benzene rings is 4. The van der Waals surface area contributed by atoms with Crippen LogP contribution in [0.5, 0.6) is 17.2 Å². The van der Waals surface area contributed by atoms with Crippen molar-refractivity contribution in [1.29, 1.82) is 0 Å². The minimum Gasteiger partial charge on any atom is -0.497 e. The van der Waals surface area contributed by atoms with E-state index in [0.717, 1.165) is 50.0 Å². The van der Waals surface area contributed by atoms with Gasteiger partial charge in [0.05, 0.1) is 28.0 Å². The van der Waals surface area contributed by atoms with Gasteiger partial charge in [-0.2, -0.15) is 0 Å². The molecule has 0 spiro atoms. The van der Waals surface area contributed by atoms with Crippen LogP contribution >= 0.6 is 0 Å². The predicted octanol–water partition coefficient (Wildman–Crippen LogP) is 5.61. The average Bonchev–Trinajstić information content (AvgIpc) is 2.91. The Morgan fingerprint density at radius 3 is 2.26 bits per heavy atom. The van der Waals surface area contributed by atoms with E-state index in [1.807, 2.05) is 0 Å². The first kappa shape index (κ1) is 22.2. The fraction of sp³-hybridized carbons (Fsp3) is 0.333. The van der Waals surface area contributed by atoms with Gasteiger partial charge in [-0.05, 0) is 75.3 Å². The van der Waals surface area contributed by atoms with E-state index >= 15 is 0 Å². The summed E-state index contributed by atoms with van der Waals surface area (Å²) < 4.78 is 17.0. The van der Waals surface area contributed by atoms with Crippen molar-refractivity contribution in [1.82, 2.24) is 9.80 Å². The zero-order valence-corrected chi connectivity index (χ0v) is 20.7. The number of nitrogens with zero attached hydrogens (tertiary/aromatic N) is 2. The van der Waals surface area contributed by atoms with Crippen LogP contribution in [0.25, 0.3) is 21.5 Å². The number of rotatable bonds is 5. The Kier molecular flexibility index (Phi) is 5.75. The van der Waals surface area contributed by atoms with Crippen molar-refractivity contribution in [3.63, 3.8) is 0 Å². The standard InChI is InChI=1S/C30H32N2O3/c1-33-22-9-10-23-25(14-22)27-16-30(35-3)29(34-2)15-26(27)24-13-21-11-12-31(19-32(21)18-28(23)24)17-20-7-5-4-6-8-20/h4-10,14-16,21H,11-13,17-19H2,1-3H3/t21-/m1/s1. The Labute approximate surface area is 206 Å². The molecule has 1 fully saturated rings. The first-order chi connectivity index (χ1) is 17.2. The van der Waals surface area contributed by atoms with Gasteiger partial charge in [0, 0.05) is 25.7 Å². The molecule has 5 nitrogen and oxygen atoms in total. The summed E-state index contributed by atoms with van der Waals surface area (Å²) in [5.74, 6) is 2.41. The molecule has 2 aliphatic rings. The topological polar surface area (TPSA) is 34.2 Å². The molecule has 0 saturated carbocycles. The summed E-state index contributed by atoms with van der Waals surface area (Å²) >= 11 is 0. The lowest BCUT2D eigenvalue weighted by Gasteiger charge is -2.45. The Morgan fingerprint density at radius 1 is 0.771 bits per heavy atom. The maximum atomic E-state index is 5.70. The summed E-state index contributed by atoms with van der Waals surface area (Å²) in [5, 5.41) is 4.98. The monoisotopic (exact) mass is 468 g/mol. The molecule has 5 heteroatoms. The molecule has 0 N–H and O–H groups in total. The van der Waals surface area contributed by atoms with Crippen LogP contribution in [-0.2, 0) is 19.5 Å². The molecule has 6 rings (SSSR count). The van der Waals surface area contributed by atoms with E-state index in [1.165, 1.54) is 44.7 Å². The normalized spacial score (nSPS) is 18.3. The van der Waals surface area contributed by atoms with Gasteiger partial charge in [-0.25, -0.2) is 0 Å². The Hall–Kier alpha value is -3.28. The van der Waals surface area contributed by atoms with Gasteiger partial charge in [-0.1, -0.05) is 36.4 Å². The van der Waals surface area contributed by atoms with Crippen molar-refractivity contribution in [2.24, 2.45) is 0 Å². The molecule has 0 radical (unpaired) electrons. The summed E-state index contributed by atoms with van der Waals surface area (Å²) in [6, 6.07) is 22.1. The van der Waals surface area contributed by atoms with Gasteiger partial charge < -0.3 is 14.2 Å². The molecule has 2 heterocycles. The lowest BCUT2D eigenvalue weighted by Crippen LogP contribution is -2.52. The highest BCUT2D eigenvalue weighted by Gasteiger charge is 2.33. The second-order valence-corrected chi connectivity index (χ2v) is 9.69. The Morgan fingerprint density at radius 2 is 1.51 bits per heavy atom. The van der Waals surface area contributed by atoms with E-state index in [9.17, 15) is 0 Å². The van der Waals surface area contributed by atoms with Gasteiger partial charge >= 0.3 is 0 Å². The summed E-state index contributed by atoms with van der Waals surface area (Å²) in [6.45, 7) is 4.09. The summed E-state index contributed by atoms with van der Waals surface area (Å²) in [4.78, 5) is 5.25. The van der Waals surface area contributed by atoms with Gasteiger partial charge in [-0.3, -0.25) is 9.80 Å². The third-order valence-electron chi connectivity index (χ3n) is 7.78. The van der Waals surface area contributed by atoms with Crippen LogP contribution in [0.1, 0.15) is 23.1 Å². The van der Waals surface area contributed by atoms with Crippen molar-refractivity contribution < 1.29 is 14.2 Å². The highest BCUT2D eigenvalue weighted by Crippen LogP contribution is 2.43. The molecule has 2 aliphatic heterocycles. The summed E-state index contributed by atoms with van der Waals surface area (Å²) in [5.41, 5.74) is 4.27. The fourth-order valence-corrected chi connectivity index (χ4v) is 6.00. The maximum Gasteiger partial charge on any atom is 0.161 e. The van der Waals surface area contributed by atoms with Gasteiger partial charge in [0.25, 0.3) is 0 Å². The highest BCUT2D eigenvalue weighted by molar-refractivity contribution is 6.12. The summed E-state index contributed by atoms with van der Waals surface area (Å²) in [6.07, 6.45) is 2.24. The largest absolute Gasteiger partial charge is 0.497 e. The molecular formula is C30H32N2O3.